The highest BCUT2D eigenvalue weighted by atomic mass is 79.9. The molecule has 0 bridgehead atoms. The van der Waals surface area contributed by atoms with E-state index in [-0.39, 0.29) is 6.03 Å². The highest BCUT2D eigenvalue weighted by Crippen LogP contribution is 2.42. The number of anilines is 2. The van der Waals surface area contributed by atoms with Gasteiger partial charge in [-0.25, -0.2) is 14.8 Å². The first-order valence-electron chi connectivity index (χ1n) is 10.3. The zero-order valence-corrected chi connectivity index (χ0v) is 19.5. The zero-order chi connectivity index (χ0) is 20.8. The first-order valence-corrected chi connectivity index (χ1v) is 11.9. The van der Waals surface area contributed by atoms with Crippen molar-refractivity contribution in [3.05, 3.63) is 45.0 Å². The molecule has 1 saturated carbocycles. The van der Waals surface area contributed by atoms with Crippen molar-refractivity contribution >= 4 is 55.0 Å². The first kappa shape index (κ1) is 19.8. The normalized spacial score (nSPS) is 16.9. The van der Waals surface area contributed by atoms with Crippen LogP contribution >= 0.6 is 27.3 Å². The van der Waals surface area contributed by atoms with Crippen molar-refractivity contribution in [2.45, 2.75) is 32.6 Å². The number of halogens is 1. The number of thiophene rings is 1. The second-order valence-corrected chi connectivity index (χ2v) is 10.2. The molecule has 0 radical (unpaired) electrons. The van der Waals surface area contributed by atoms with Crippen LogP contribution in [0.2, 0.25) is 0 Å². The van der Waals surface area contributed by atoms with Crippen LogP contribution < -0.4 is 10.2 Å². The number of aryl methyl sites for hydroxylation is 2. The molecule has 3 heterocycles. The third-order valence-corrected chi connectivity index (χ3v) is 7.56. The SMILES string of the molecule is Cc1sc2nc(C3CC3)nc(N3CCN(C(=O)Nc4ccc(Br)cc4)CC3)c2c1C. The standard InChI is InChI=1S/C22H24BrN5OS/c1-13-14(2)30-21-18(13)20(25-19(26-21)15-3-4-15)27-9-11-28(12-10-27)22(29)24-17-7-5-16(23)6-8-17/h5-8,15H,3-4,9-12H2,1-2H3,(H,24,29). The quantitative estimate of drug-likeness (QED) is 0.546. The van der Waals surface area contributed by atoms with Gasteiger partial charge in [-0.05, 0) is 56.5 Å². The number of nitrogens with one attached hydrogen (secondary N) is 1. The van der Waals surface area contributed by atoms with Crippen LogP contribution in [0, 0.1) is 13.8 Å². The maximum atomic E-state index is 12.7. The third kappa shape index (κ3) is 3.78. The molecule has 0 atom stereocenters. The largest absolute Gasteiger partial charge is 0.352 e. The van der Waals surface area contributed by atoms with Crippen molar-refractivity contribution in [3.8, 4) is 0 Å². The smallest absolute Gasteiger partial charge is 0.321 e. The van der Waals surface area contributed by atoms with Gasteiger partial charge >= 0.3 is 6.03 Å². The Hall–Kier alpha value is -2.19. The van der Waals surface area contributed by atoms with Crippen molar-refractivity contribution in [1.82, 2.24) is 14.9 Å². The number of rotatable bonds is 3. The van der Waals surface area contributed by atoms with E-state index in [9.17, 15) is 4.79 Å². The van der Waals surface area contributed by atoms with Crippen LogP contribution in [0.1, 0.15) is 35.0 Å². The highest BCUT2D eigenvalue weighted by Gasteiger charge is 2.30. The zero-order valence-electron chi connectivity index (χ0n) is 17.1. The Morgan fingerprint density at radius 3 is 2.47 bits per heavy atom. The summed E-state index contributed by atoms with van der Waals surface area (Å²) in [5.41, 5.74) is 2.09. The molecule has 0 unspecified atom stereocenters. The molecule has 1 saturated heterocycles. The van der Waals surface area contributed by atoms with Gasteiger partial charge in [-0.3, -0.25) is 0 Å². The van der Waals surface area contributed by atoms with E-state index in [4.69, 9.17) is 9.97 Å². The van der Waals surface area contributed by atoms with Crippen LogP contribution in [0.15, 0.2) is 28.7 Å². The average Bonchev–Trinajstić information content (AvgIpc) is 3.56. The minimum atomic E-state index is -0.0500. The summed E-state index contributed by atoms with van der Waals surface area (Å²) in [5, 5.41) is 4.18. The Kier molecular flexibility index (Phi) is 5.14. The fourth-order valence-electron chi connectivity index (χ4n) is 3.85. The summed E-state index contributed by atoms with van der Waals surface area (Å²) in [6.45, 7) is 7.23. The molecule has 2 amide bonds. The van der Waals surface area contributed by atoms with Gasteiger partial charge in [-0.2, -0.15) is 0 Å². The molecule has 1 aromatic carbocycles. The maximum absolute atomic E-state index is 12.7. The van der Waals surface area contributed by atoms with E-state index in [0.29, 0.717) is 19.0 Å². The number of aromatic nitrogens is 2. The van der Waals surface area contributed by atoms with E-state index >= 15 is 0 Å². The van der Waals surface area contributed by atoms with Gasteiger partial charge in [0.05, 0.1) is 5.39 Å². The van der Waals surface area contributed by atoms with E-state index in [1.807, 2.05) is 29.2 Å². The van der Waals surface area contributed by atoms with Crippen molar-refractivity contribution in [1.29, 1.82) is 0 Å². The number of hydrogen-bond donors (Lipinski definition) is 1. The van der Waals surface area contributed by atoms with E-state index in [2.05, 4.69) is 40.0 Å². The lowest BCUT2D eigenvalue weighted by Crippen LogP contribution is -2.50. The number of carbonyl (C=O) groups is 1. The Bertz CT molecular complexity index is 1100. The number of hydrogen-bond acceptors (Lipinski definition) is 5. The average molecular weight is 486 g/mol. The first-order chi connectivity index (χ1) is 14.5. The number of benzene rings is 1. The second-order valence-electron chi connectivity index (χ2n) is 8.05. The summed E-state index contributed by atoms with van der Waals surface area (Å²) >= 11 is 5.19. The molecule has 156 valence electrons. The number of piperazine rings is 1. The van der Waals surface area contributed by atoms with Gasteiger partial charge in [0.2, 0.25) is 0 Å². The lowest BCUT2D eigenvalue weighted by atomic mass is 10.2. The molecule has 2 aromatic heterocycles. The van der Waals surface area contributed by atoms with Crippen LogP contribution in [0.25, 0.3) is 10.2 Å². The van der Waals surface area contributed by atoms with Crippen molar-refractivity contribution < 1.29 is 4.79 Å². The van der Waals surface area contributed by atoms with Crippen molar-refractivity contribution in [3.63, 3.8) is 0 Å². The van der Waals surface area contributed by atoms with E-state index in [1.54, 1.807) is 11.3 Å². The molecule has 6 nitrogen and oxygen atoms in total. The van der Waals surface area contributed by atoms with E-state index in [1.165, 1.54) is 28.7 Å². The molecule has 0 spiro atoms. The maximum Gasteiger partial charge on any atom is 0.321 e. The van der Waals surface area contributed by atoms with Gasteiger partial charge in [-0.1, -0.05) is 15.9 Å². The Balaban J connectivity index is 1.33. The van der Waals surface area contributed by atoms with Gasteiger partial charge in [0.15, 0.2) is 0 Å². The molecule has 3 aromatic rings. The van der Waals surface area contributed by atoms with Gasteiger partial charge in [0.25, 0.3) is 0 Å². The van der Waals surface area contributed by atoms with Gasteiger partial charge in [0, 0.05) is 47.1 Å². The fraction of sp³-hybridized carbons (Fsp3) is 0.409. The number of amides is 2. The summed E-state index contributed by atoms with van der Waals surface area (Å²) < 4.78 is 0.995. The Morgan fingerprint density at radius 2 is 1.80 bits per heavy atom. The second kappa shape index (κ2) is 7.81. The van der Waals surface area contributed by atoms with Crippen LogP contribution in [-0.2, 0) is 0 Å². The predicted molar refractivity (Wildman–Crippen MR) is 126 cm³/mol. The molecule has 8 heteroatoms. The predicted octanol–water partition coefficient (Wildman–Crippen LogP) is 5.30. The number of fused-ring (bicyclic) bond motifs is 1. The summed E-state index contributed by atoms with van der Waals surface area (Å²) in [7, 11) is 0. The molecule has 1 aliphatic carbocycles. The molecule has 2 fully saturated rings. The van der Waals surface area contributed by atoms with Gasteiger partial charge in [-0.15, -0.1) is 11.3 Å². The number of carbonyl (C=O) groups excluding carboxylic acids is 1. The number of urea groups is 1. The summed E-state index contributed by atoms with van der Waals surface area (Å²) in [4.78, 5) is 29.2. The summed E-state index contributed by atoms with van der Waals surface area (Å²) in [6.07, 6.45) is 2.39. The minimum absolute atomic E-state index is 0.0500. The Morgan fingerprint density at radius 1 is 1.10 bits per heavy atom. The van der Waals surface area contributed by atoms with Crippen LogP contribution in [0.3, 0.4) is 0 Å². The van der Waals surface area contributed by atoms with Crippen LogP contribution in [0.4, 0.5) is 16.3 Å². The molecule has 1 aliphatic heterocycles. The lowest BCUT2D eigenvalue weighted by Gasteiger charge is -2.35. The molecule has 30 heavy (non-hydrogen) atoms. The molecule has 1 N–H and O–H groups in total. The van der Waals surface area contributed by atoms with E-state index < -0.39 is 0 Å². The van der Waals surface area contributed by atoms with Crippen LogP contribution in [0.5, 0.6) is 0 Å². The van der Waals surface area contributed by atoms with Crippen molar-refractivity contribution in [2.24, 2.45) is 0 Å². The molecule has 5 rings (SSSR count). The fourth-order valence-corrected chi connectivity index (χ4v) is 5.15. The van der Waals surface area contributed by atoms with Crippen LogP contribution in [-0.4, -0.2) is 47.1 Å². The minimum Gasteiger partial charge on any atom is -0.352 e. The highest BCUT2D eigenvalue weighted by molar-refractivity contribution is 9.10. The molecular formula is C22H24BrN5OS. The van der Waals surface area contributed by atoms with Gasteiger partial charge < -0.3 is 15.1 Å². The topological polar surface area (TPSA) is 61.4 Å². The molecule has 2 aliphatic rings. The lowest BCUT2D eigenvalue weighted by molar-refractivity contribution is 0.208. The number of nitrogens with zero attached hydrogens (tertiary/aromatic N) is 4. The van der Waals surface area contributed by atoms with Gasteiger partial charge in [0.1, 0.15) is 16.5 Å². The van der Waals surface area contributed by atoms with E-state index in [0.717, 1.165) is 39.7 Å². The monoisotopic (exact) mass is 485 g/mol. The summed E-state index contributed by atoms with van der Waals surface area (Å²) in [5.74, 6) is 2.57. The summed E-state index contributed by atoms with van der Waals surface area (Å²) in [6, 6.07) is 7.60. The molecular weight excluding hydrogens is 462 g/mol. The third-order valence-electron chi connectivity index (χ3n) is 5.93. The Labute approximate surface area is 188 Å². The van der Waals surface area contributed by atoms with Crippen molar-refractivity contribution in [2.75, 3.05) is 36.4 Å².